The van der Waals surface area contributed by atoms with E-state index in [0.717, 1.165) is 7.05 Å². The molecule has 80 valence electrons. The Morgan fingerprint density at radius 1 is 1.14 bits per heavy atom. The summed E-state index contributed by atoms with van der Waals surface area (Å²) >= 11 is 0. The molecule has 0 amide bonds. The van der Waals surface area contributed by atoms with E-state index in [1.807, 2.05) is 0 Å². The maximum Gasteiger partial charge on any atom is 0.412 e. The van der Waals surface area contributed by atoms with E-state index in [-0.39, 0.29) is 18.0 Å². The van der Waals surface area contributed by atoms with Gasteiger partial charge in [-0.25, -0.2) is 9.59 Å². The molecule has 0 radical (unpaired) electrons. The van der Waals surface area contributed by atoms with E-state index in [9.17, 15) is 14.8 Å². The Bertz CT molecular complexity index is 234. The Labute approximate surface area is 81.7 Å². The lowest BCUT2D eigenvalue weighted by molar-refractivity contribution is -0.422. The predicted octanol–water partition coefficient (Wildman–Crippen LogP) is -0.306. The fourth-order valence-corrected chi connectivity index (χ4v) is 0.739. The van der Waals surface area contributed by atoms with Crippen LogP contribution in [0.2, 0.25) is 0 Å². The first kappa shape index (κ1) is 12.4. The minimum atomic E-state index is -0.969. The topological polar surface area (TPSA) is 78.7 Å². The van der Waals surface area contributed by atoms with E-state index in [1.54, 1.807) is 13.8 Å². The van der Waals surface area contributed by atoms with E-state index in [0.29, 0.717) is 0 Å². The van der Waals surface area contributed by atoms with Crippen molar-refractivity contribution in [3.8, 4) is 0 Å². The third kappa shape index (κ3) is 3.42. The number of ether oxygens (including phenoxy) is 2. The third-order valence-corrected chi connectivity index (χ3v) is 1.25. The summed E-state index contributed by atoms with van der Waals surface area (Å²) in [4.78, 5) is 22.2. The van der Waals surface area contributed by atoms with Crippen LogP contribution in [0.1, 0.15) is 13.8 Å². The quantitative estimate of drug-likeness (QED) is 0.156. The molecule has 0 fully saturated rings. The summed E-state index contributed by atoms with van der Waals surface area (Å²) in [6.45, 7) is 3.34. The smallest absolute Gasteiger partial charge is 0.412 e. The molecule has 0 aliphatic heterocycles. The zero-order chi connectivity index (χ0) is 11.1. The third-order valence-electron chi connectivity index (χ3n) is 1.25. The Kier molecular flexibility index (Phi) is 5.28. The largest absolute Gasteiger partial charge is 0.623 e. The number of nitrogens with zero attached hydrogens (tertiary/aromatic N) is 1. The van der Waals surface area contributed by atoms with Crippen molar-refractivity contribution in [1.29, 1.82) is 0 Å². The van der Waals surface area contributed by atoms with Crippen molar-refractivity contribution in [1.82, 2.24) is 0 Å². The second kappa shape index (κ2) is 5.95. The van der Waals surface area contributed by atoms with E-state index in [2.05, 4.69) is 9.47 Å². The summed E-state index contributed by atoms with van der Waals surface area (Å²) in [5.41, 5.74) is -0.645. The Hall–Kier alpha value is -1.59. The number of carbonyl (C=O) groups is 2. The molecule has 0 N–H and O–H groups in total. The van der Waals surface area contributed by atoms with Crippen molar-refractivity contribution in [2.24, 2.45) is 0 Å². The Morgan fingerprint density at radius 3 is 1.71 bits per heavy atom. The van der Waals surface area contributed by atoms with Gasteiger partial charge in [-0.3, -0.25) is 0 Å². The molecule has 14 heavy (non-hydrogen) atoms. The lowest BCUT2D eigenvalue weighted by atomic mass is 10.4. The fraction of sp³-hybridized carbons (Fsp3) is 0.625. The molecule has 0 atom stereocenters. The van der Waals surface area contributed by atoms with Crippen LogP contribution in [0.25, 0.3) is 0 Å². The van der Waals surface area contributed by atoms with Crippen molar-refractivity contribution < 1.29 is 23.8 Å². The van der Waals surface area contributed by atoms with E-state index >= 15 is 0 Å². The minimum Gasteiger partial charge on any atom is -0.623 e. The Balaban J connectivity index is 4.71. The average Bonchev–Trinajstić information content (AvgIpc) is 2.04. The van der Waals surface area contributed by atoms with Gasteiger partial charge in [-0.2, -0.15) is 4.74 Å². The molecule has 0 aromatic carbocycles. The van der Waals surface area contributed by atoms with Crippen molar-refractivity contribution in [3.05, 3.63) is 5.21 Å². The maximum atomic E-state index is 11.1. The van der Waals surface area contributed by atoms with E-state index in [1.165, 1.54) is 0 Å². The highest BCUT2D eigenvalue weighted by atomic mass is 16.6. The number of rotatable bonds is 4. The molecule has 0 aliphatic rings. The maximum absolute atomic E-state index is 11.1. The van der Waals surface area contributed by atoms with Gasteiger partial charge in [-0.05, 0) is 13.8 Å². The van der Waals surface area contributed by atoms with Crippen LogP contribution in [0.5, 0.6) is 0 Å². The number of carbonyl (C=O) groups excluding carboxylic acids is 2. The molecule has 0 aromatic rings. The van der Waals surface area contributed by atoms with Gasteiger partial charge in [0.2, 0.25) is 0 Å². The van der Waals surface area contributed by atoms with Crippen LogP contribution in [0.3, 0.4) is 0 Å². The summed E-state index contributed by atoms with van der Waals surface area (Å²) < 4.78 is 9.16. The highest BCUT2D eigenvalue weighted by Gasteiger charge is 2.30. The highest BCUT2D eigenvalue weighted by molar-refractivity contribution is 6.60. The molecule has 0 aromatic heterocycles. The van der Waals surface area contributed by atoms with Crippen molar-refractivity contribution >= 4 is 17.7 Å². The normalized spacial score (nSPS) is 9.07. The summed E-state index contributed by atoms with van der Waals surface area (Å²) in [7, 11) is 1.03. The van der Waals surface area contributed by atoms with Crippen molar-refractivity contribution in [2.45, 2.75) is 13.8 Å². The van der Waals surface area contributed by atoms with Gasteiger partial charge in [-0.1, -0.05) is 0 Å². The summed E-state index contributed by atoms with van der Waals surface area (Å²) in [5.74, 6) is -1.94. The second-order valence-electron chi connectivity index (χ2n) is 2.29. The van der Waals surface area contributed by atoms with Crippen molar-refractivity contribution in [2.75, 3.05) is 20.3 Å². The van der Waals surface area contributed by atoms with Crippen LogP contribution >= 0.6 is 0 Å². The monoisotopic (exact) mass is 203 g/mol. The van der Waals surface area contributed by atoms with Gasteiger partial charge >= 0.3 is 17.7 Å². The first-order chi connectivity index (χ1) is 6.54. The summed E-state index contributed by atoms with van der Waals surface area (Å²) in [6.07, 6.45) is 0. The Morgan fingerprint density at radius 2 is 1.50 bits per heavy atom. The second-order valence-corrected chi connectivity index (χ2v) is 2.29. The SMILES string of the molecule is CCOC(=O)C(C(=O)OCC)=[N+](C)[O-]. The molecule has 6 nitrogen and oxygen atoms in total. The molecular weight excluding hydrogens is 190 g/mol. The lowest BCUT2D eigenvalue weighted by Crippen LogP contribution is -2.34. The van der Waals surface area contributed by atoms with Crippen LogP contribution in [0.4, 0.5) is 0 Å². The van der Waals surface area contributed by atoms with Gasteiger partial charge < -0.3 is 14.7 Å². The van der Waals surface area contributed by atoms with E-state index in [4.69, 9.17) is 0 Å². The number of hydrogen-bond acceptors (Lipinski definition) is 5. The van der Waals surface area contributed by atoms with Crippen LogP contribution in [0.15, 0.2) is 0 Å². The van der Waals surface area contributed by atoms with Gasteiger partial charge in [0.25, 0.3) is 0 Å². The van der Waals surface area contributed by atoms with Gasteiger partial charge in [0.1, 0.15) is 7.05 Å². The first-order valence-corrected chi connectivity index (χ1v) is 4.16. The highest BCUT2D eigenvalue weighted by Crippen LogP contribution is 1.89. The molecular formula is C8H13NO5. The number of hydroxylamine groups is 1. The van der Waals surface area contributed by atoms with Crippen LogP contribution in [0, 0.1) is 5.21 Å². The van der Waals surface area contributed by atoms with Crippen LogP contribution in [-0.2, 0) is 19.1 Å². The molecule has 0 rings (SSSR count). The first-order valence-electron chi connectivity index (χ1n) is 4.16. The summed E-state index contributed by atoms with van der Waals surface area (Å²) in [6, 6.07) is 0. The van der Waals surface area contributed by atoms with Crippen LogP contribution in [-0.4, -0.2) is 42.7 Å². The fourth-order valence-electron chi connectivity index (χ4n) is 0.739. The molecule has 0 saturated heterocycles. The number of hydrogen-bond donors (Lipinski definition) is 0. The molecule has 6 heteroatoms. The van der Waals surface area contributed by atoms with Gasteiger partial charge in [0.15, 0.2) is 0 Å². The predicted molar refractivity (Wildman–Crippen MR) is 47.8 cm³/mol. The standard InChI is InChI=1S/C8H13NO5/c1-4-13-7(10)6(9(3)12)8(11)14-5-2/h4-5H2,1-3H3. The number of esters is 2. The molecule has 0 spiro atoms. The molecule has 0 heterocycles. The summed E-state index contributed by atoms with van der Waals surface area (Å²) in [5, 5.41) is 10.9. The zero-order valence-electron chi connectivity index (χ0n) is 8.40. The zero-order valence-corrected chi connectivity index (χ0v) is 8.40. The van der Waals surface area contributed by atoms with Crippen molar-refractivity contribution in [3.63, 3.8) is 0 Å². The lowest BCUT2D eigenvalue weighted by Gasteiger charge is -2.05. The molecule has 0 saturated carbocycles. The minimum absolute atomic E-state index is 0.0928. The van der Waals surface area contributed by atoms with Gasteiger partial charge in [-0.15, -0.1) is 0 Å². The van der Waals surface area contributed by atoms with E-state index < -0.39 is 17.7 Å². The molecule has 0 aliphatic carbocycles. The van der Waals surface area contributed by atoms with Crippen LogP contribution < -0.4 is 0 Å². The molecule has 0 bridgehead atoms. The van der Waals surface area contributed by atoms with Gasteiger partial charge in [0.05, 0.1) is 13.2 Å². The average molecular weight is 203 g/mol. The van der Waals surface area contributed by atoms with Gasteiger partial charge in [0, 0.05) is 0 Å². The molecule has 0 unspecified atom stereocenters.